The van der Waals surface area contributed by atoms with Crippen molar-refractivity contribution in [1.82, 2.24) is 20.7 Å². The number of fused-ring (bicyclic) bond motifs is 2. The second kappa shape index (κ2) is 6.26. The van der Waals surface area contributed by atoms with E-state index in [-0.39, 0.29) is 31.0 Å². The zero-order valence-corrected chi connectivity index (χ0v) is 14.6. The maximum Gasteiger partial charge on any atom is 0.264 e. The third-order valence-corrected chi connectivity index (χ3v) is 4.99. The number of benzene rings is 1. The Labute approximate surface area is 155 Å². The van der Waals surface area contributed by atoms with Gasteiger partial charge in [0.25, 0.3) is 5.91 Å². The minimum atomic E-state index is -0.370. The summed E-state index contributed by atoms with van der Waals surface area (Å²) < 4.78 is 16.4. The Morgan fingerprint density at radius 1 is 1.22 bits per heavy atom. The third kappa shape index (κ3) is 2.61. The number of amides is 1. The summed E-state index contributed by atoms with van der Waals surface area (Å²) in [5.74, 6) is 1.06. The van der Waals surface area contributed by atoms with Crippen LogP contribution >= 0.6 is 0 Å². The van der Waals surface area contributed by atoms with Gasteiger partial charge in [-0.1, -0.05) is 6.07 Å². The summed E-state index contributed by atoms with van der Waals surface area (Å²) in [6.07, 6.45) is 2.60. The number of hydrogen-bond acceptors (Lipinski definition) is 7. The summed E-state index contributed by atoms with van der Waals surface area (Å²) in [7, 11) is 1.61. The van der Waals surface area contributed by atoms with Gasteiger partial charge >= 0.3 is 0 Å². The first kappa shape index (κ1) is 16.1. The van der Waals surface area contributed by atoms with Crippen molar-refractivity contribution < 1.29 is 19.0 Å². The Bertz CT molecular complexity index is 917. The Morgan fingerprint density at radius 2 is 2.11 bits per heavy atom. The van der Waals surface area contributed by atoms with E-state index >= 15 is 0 Å². The van der Waals surface area contributed by atoms with Crippen LogP contribution in [0.4, 0.5) is 0 Å². The zero-order chi connectivity index (χ0) is 18.4. The first-order chi connectivity index (χ1) is 13.2. The van der Waals surface area contributed by atoms with Crippen LogP contribution in [0.15, 0.2) is 48.7 Å². The van der Waals surface area contributed by atoms with Gasteiger partial charge in [-0.15, -0.1) is 0 Å². The van der Waals surface area contributed by atoms with Crippen LogP contribution < -0.4 is 20.2 Å². The molecule has 27 heavy (non-hydrogen) atoms. The van der Waals surface area contributed by atoms with E-state index in [1.807, 2.05) is 36.4 Å². The van der Waals surface area contributed by atoms with Gasteiger partial charge in [0.15, 0.2) is 11.5 Å². The lowest BCUT2D eigenvalue weighted by atomic mass is 9.98. The molecule has 8 heteroatoms. The van der Waals surface area contributed by atoms with Crippen molar-refractivity contribution in [3.05, 3.63) is 59.9 Å². The molecule has 0 aliphatic carbocycles. The van der Waals surface area contributed by atoms with Crippen molar-refractivity contribution in [2.75, 3.05) is 13.9 Å². The molecule has 1 saturated heterocycles. The number of nitrogens with one attached hydrogen (secondary N) is 2. The summed E-state index contributed by atoms with van der Waals surface area (Å²) in [4.78, 5) is 17.2. The molecule has 2 N–H and O–H groups in total. The van der Waals surface area contributed by atoms with Crippen molar-refractivity contribution >= 4 is 11.6 Å². The van der Waals surface area contributed by atoms with Crippen LogP contribution in [-0.4, -0.2) is 42.2 Å². The number of rotatable bonds is 3. The molecule has 0 spiro atoms. The van der Waals surface area contributed by atoms with Gasteiger partial charge in [-0.2, -0.15) is 0 Å². The number of carbonyl (C=O) groups is 1. The highest BCUT2D eigenvalue weighted by atomic mass is 16.7. The van der Waals surface area contributed by atoms with E-state index < -0.39 is 0 Å². The third-order valence-electron chi connectivity index (χ3n) is 4.99. The van der Waals surface area contributed by atoms with E-state index in [4.69, 9.17) is 14.2 Å². The van der Waals surface area contributed by atoms with Gasteiger partial charge in [0.05, 0.1) is 11.6 Å². The van der Waals surface area contributed by atoms with Gasteiger partial charge in [-0.05, 0) is 30.3 Å². The zero-order valence-electron chi connectivity index (χ0n) is 14.6. The molecule has 3 atom stereocenters. The molecule has 5 rings (SSSR count). The normalized spacial score (nSPS) is 25.8. The predicted octanol–water partition coefficient (Wildman–Crippen LogP) is 1.18. The molecular weight excluding hydrogens is 348 g/mol. The van der Waals surface area contributed by atoms with Gasteiger partial charge < -0.3 is 19.5 Å². The molecule has 1 aromatic carbocycles. The van der Waals surface area contributed by atoms with Crippen LogP contribution in [0, 0.1) is 0 Å². The molecule has 3 aliphatic rings. The van der Waals surface area contributed by atoms with Crippen LogP contribution in [0.25, 0.3) is 5.70 Å². The number of hydrazine groups is 1. The summed E-state index contributed by atoms with van der Waals surface area (Å²) in [5, 5.41) is 5.01. The monoisotopic (exact) mass is 366 g/mol. The standard InChI is InChI=1S/C19H18N4O4/c1-25-19-17(12-4-2-3-7-20-12)18-21-13(9-16(24)23(18)22-19)11-5-6-14-15(8-11)27-10-26-14/h2-9,17-19,21-22H,10H2,1H3. The molecule has 0 saturated carbocycles. The lowest BCUT2D eigenvalue weighted by molar-refractivity contribution is -0.132. The molecule has 2 aromatic rings. The number of ether oxygens (including phenoxy) is 3. The molecule has 4 heterocycles. The smallest absolute Gasteiger partial charge is 0.264 e. The molecule has 3 unspecified atom stereocenters. The molecule has 0 bridgehead atoms. The number of pyridine rings is 1. The number of methoxy groups -OCH3 is 1. The molecule has 1 amide bonds. The van der Waals surface area contributed by atoms with Crippen LogP contribution in [-0.2, 0) is 9.53 Å². The minimum Gasteiger partial charge on any atom is -0.454 e. The lowest BCUT2D eigenvalue weighted by Crippen LogP contribution is -2.52. The summed E-state index contributed by atoms with van der Waals surface area (Å²) >= 11 is 0. The van der Waals surface area contributed by atoms with Gasteiger partial charge in [-0.25, -0.2) is 10.4 Å². The van der Waals surface area contributed by atoms with E-state index in [2.05, 4.69) is 15.7 Å². The molecule has 0 radical (unpaired) electrons. The summed E-state index contributed by atoms with van der Waals surface area (Å²) in [5.41, 5.74) is 5.54. The van der Waals surface area contributed by atoms with Gasteiger partial charge in [0, 0.05) is 30.6 Å². The first-order valence-corrected chi connectivity index (χ1v) is 8.66. The lowest BCUT2D eigenvalue weighted by Gasteiger charge is -2.32. The van der Waals surface area contributed by atoms with E-state index in [0.29, 0.717) is 11.5 Å². The molecule has 8 nitrogen and oxygen atoms in total. The Morgan fingerprint density at radius 3 is 2.93 bits per heavy atom. The highest BCUT2D eigenvalue weighted by Crippen LogP contribution is 2.37. The van der Waals surface area contributed by atoms with Crippen molar-refractivity contribution in [1.29, 1.82) is 0 Å². The van der Waals surface area contributed by atoms with Gasteiger partial charge in [0.1, 0.15) is 12.4 Å². The Kier molecular flexibility index (Phi) is 3.73. The van der Waals surface area contributed by atoms with E-state index in [1.54, 1.807) is 24.4 Å². The average Bonchev–Trinajstić information content (AvgIpc) is 3.32. The number of hydrogen-bond donors (Lipinski definition) is 2. The highest BCUT2D eigenvalue weighted by Gasteiger charge is 2.47. The van der Waals surface area contributed by atoms with Crippen molar-refractivity contribution in [2.24, 2.45) is 0 Å². The fourth-order valence-corrected chi connectivity index (χ4v) is 3.69. The fraction of sp³-hybridized carbons (Fsp3) is 0.263. The maximum absolute atomic E-state index is 12.7. The fourth-order valence-electron chi connectivity index (χ4n) is 3.69. The van der Waals surface area contributed by atoms with E-state index in [0.717, 1.165) is 17.0 Å². The average molecular weight is 366 g/mol. The van der Waals surface area contributed by atoms with E-state index in [1.165, 1.54) is 0 Å². The topological polar surface area (TPSA) is 85.0 Å². The molecular formula is C19H18N4O4. The predicted molar refractivity (Wildman–Crippen MR) is 95.2 cm³/mol. The maximum atomic E-state index is 12.7. The molecule has 3 aliphatic heterocycles. The highest BCUT2D eigenvalue weighted by molar-refractivity contribution is 5.97. The number of carbonyl (C=O) groups excluding carboxylic acids is 1. The SMILES string of the molecule is COC1NN2C(=O)C=C(c3ccc4c(c3)OCO4)NC2C1c1ccccn1. The van der Waals surface area contributed by atoms with Crippen molar-refractivity contribution in [2.45, 2.75) is 18.3 Å². The van der Waals surface area contributed by atoms with Crippen LogP contribution in [0.5, 0.6) is 11.5 Å². The van der Waals surface area contributed by atoms with E-state index in [9.17, 15) is 4.79 Å². The Balaban J connectivity index is 1.50. The second-order valence-electron chi connectivity index (χ2n) is 6.49. The molecule has 1 fully saturated rings. The number of nitrogens with zero attached hydrogens (tertiary/aromatic N) is 2. The molecule has 138 valence electrons. The van der Waals surface area contributed by atoms with Crippen LogP contribution in [0.2, 0.25) is 0 Å². The quantitative estimate of drug-likeness (QED) is 0.844. The summed E-state index contributed by atoms with van der Waals surface area (Å²) in [6, 6.07) is 11.3. The van der Waals surface area contributed by atoms with Crippen molar-refractivity contribution in [3.8, 4) is 11.5 Å². The molecule has 1 aromatic heterocycles. The largest absolute Gasteiger partial charge is 0.454 e. The second-order valence-corrected chi connectivity index (χ2v) is 6.49. The minimum absolute atomic E-state index is 0.146. The Hall–Kier alpha value is -3.10. The first-order valence-electron chi connectivity index (χ1n) is 8.66. The summed E-state index contributed by atoms with van der Waals surface area (Å²) in [6.45, 7) is 0.210. The van der Waals surface area contributed by atoms with Gasteiger partial charge in [0.2, 0.25) is 6.79 Å². The van der Waals surface area contributed by atoms with Crippen LogP contribution in [0.1, 0.15) is 17.2 Å². The number of aromatic nitrogens is 1. The van der Waals surface area contributed by atoms with Crippen molar-refractivity contribution in [3.63, 3.8) is 0 Å². The van der Waals surface area contributed by atoms with Crippen LogP contribution in [0.3, 0.4) is 0 Å². The van der Waals surface area contributed by atoms with Gasteiger partial charge in [-0.3, -0.25) is 9.78 Å².